The maximum Gasteiger partial charge on any atom is 0.256 e. The van der Waals surface area contributed by atoms with Crippen LogP contribution in [0.2, 0.25) is 0 Å². The summed E-state index contributed by atoms with van der Waals surface area (Å²) in [6.07, 6.45) is 4.91. The van der Waals surface area contributed by atoms with Crippen LogP contribution in [0.3, 0.4) is 0 Å². The highest BCUT2D eigenvalue weighted by molar-refractivity contribution is 5.97. The van der Waals surface area contributed by atoms with E-state index in [1.807, 2.05) is 25.1 Å². The molecule has 1 aliphatic rings. The molecular weight excluding hydrogens is 302 g/mol. The molecule has 0 heterocycles. The molecule has 3 atom stereocenters. The molecule has 1 aliphatic carbocycles. The van der Waals surface area contributed by atoms with E-state index in [1.54, 1.807) is 7.11 Å². The number of hydrogen-bond acceptors (Lipinski definition) is 3. The Bertz CT molecular complexity index is 572. The molecule has 0 aliphatic heterocycles. The van der Waals surface area contributed by atoms with Gasteiger partial charge in [-0.05, 0) is 69.2 Å². The number of anilines is 1. The van der Waals surface area contributed by atoms with Gasteiger partial charge in [0.1, 0.15) is 11.4 Å². The summed E-state index contributed by atoms with van der Waals surface area (Å²) in [5, 5.41) is 3.04. The number of nitrogens with one attached hydrogen (secondary N) is 1. The highest BCUT2D eigenvalue weighted by Crippen LogP contribution is 2.36. The molecule has 1 amide bonds. The van der Waals surface area contributed by atoms with E-state index in [2.05, 4.69) is 26.1 Å². The van der Waals surface area contributed by atoms with Crippen LogP contribution in [0.15, 0.2) is 18.2 Å². The first kappa shape index (κ1) is 18.8. The third-order valence-electron chi connectivity index (χ3n) is 5.10. The lowest BCUT2D eigenvalue weighted by atomic mass is 9.78. The Balaban J connectivity index is 2.09. The zero-order valence-corrected chi connectivity index (χ0v) is 15.6. The Kier molecular flexibility index (Phi) is 6.27. The third-order valence-corrected chi connectivity index (χ3v) is 5.10. The van der Waals surface area contributed by atoms with E-state index in [-0.39, 0.29) is 12.0 Å². The first-order chi connectivity index (χ1) is 11.4. The third kappa shape index (κ3) is 4.29. The summed E-state index contributed by atoms with van der Waals surface area (Å²) in [4.78, 5) is 12.8. The highest BCUT2D eigenvalue weighted by atomic mass is 16.5. The van der Waals surface area contributed by atoms with Crippen molar-refractivity contribution >= 4 is 11.6 Å². The minimum absolute atomic E-state index is 0.0356. The summed E-state index contributed by atoms with van der Waals surface area (Å²) in [7, 11) is 1.64. The van der Waals surface area contributed by atoms with Crippen molar-refractivity contribution < 1.29 is 14.3 Å². The average molecular weight is 333 g/mol. The van der Waals surface area contributed by atoms with Gasteiger partial charge in [0.25, 0.3) is 5.91 Å². The zero-order valence-electron chi connectivity index (χ0n) is 15.6. The van der Waals surface area contributed by atoms with Crippen molar-refractivity contribution in [2.75, 3.05) is 12.4 Å². The van der Waals surface area contributed by atoms with Gasteiger partial charge in [0.2, 0.25) is 0 Å². The van der Waals surface area contributed by atoms with Gasteiger partial charge in [0.05, 0.1) is 6.10 Å². The number of carbonyl (C=O) groups excluding carboxylic acids is 1. The van der Waals surface area contributed by atoms with Gasteiger partial charge in [0.15, 0.2) is 0 Å². The summed E-state index contributed by atoms with van der Waals surface area (Å²) < 4.78 is 11.6. The lowest BCUT2D eigenvalue weighted by Crippen LogP contribution is -2.47. The number of carbonyl (C=O) groups is 1. The minimum Gasteiger partial charge on any atom is -0.490 e. The average Bonchev–Trinajstić information content (AvgIpc) is 2.56. The number of ether oxygens (including phenoxy) is 2. The summed E-state index contributed by atoms with van der Waals surface area (Å²) in [6.45, 7) is 8.35. The molecule has 2 rings (SSSR count). The van der Waals surface area contributed by atoms with Crippen LogP contribution >= 0.6 is 0 Å². The molecule has 1 N–H and O–H groups in total. The summed E-state index contributed by atoms with van der Waals surface area (Å²) >= 11 is 0. The fraction of sp³-hybridized carbons (Fsp3) is 0.650. The lowest BCUT2D eigenvalue weighted by molar-refractivity contribution is -0.143. The van der Waals surface area contributed by atoms with Crippen LogP contribution in [-0.2, 0) is 9.53 Å². The van der Waals surface area contributed by atoms with E-state index in [0.717, 1.165) is 42.7 Å². The monoisotopic (exact) mass is 333 g/mol. The largest absolute Gasteiger partial charge is 0.490 e. The van der Waals surface area contributed by atoms with Crippen molar-refractivity contribution in [3.05, 3.63) is 23.8 Å². The number of amides is 1. The molecule has 0 unspecified atom stereocenters. The minimum atomic E-state index is -0.697. The van der Waals surface area contributed by atoms with E-state index >= 15 is 0 Å². The number of hydrogen-bond donors (Lipinski definition) is 1. The van der Waals surface area contributed by atoms with Gasteiger partial charge in [-0.2, -0.15) is 0 Å². The van der Waals surface area contributed by atoms with Crippen LogP contribution in [0.4, 0.5) is 5.69 Å². The summed E-state index contributed by atoms with van der Waals surface area (Å²) in [5.41, 5.74) is 1.12. The zero-order chi connectivity index (χ0) is 17.7. The molecule has 24 heavy (non-hydrogen) atoms. The highest BCUT2D eigenvalue weighted by Gasteiger charge is 2.42. The molecule has 0 saturated heterocycles. The molecule has 1 fully saturated rings. The molecular formula is C20H31NO3. The molecule has 4 nitrogen and oxygen atoms in total. The second-order valence-electron chi connectivity index (χ2n) is 7.17. The predicted molar refractivity (Wildman–Crippen MR) is 97.6 cm³/mol. The Morgan fingerprint density at radius 3 is 2.79 bits per heavy atom. The molecule has 0 radical (unpaired) electrons. The number of rotatable bonds is 6. The topological polar surface area (TPSA) is 47.6 Å². The SMILES string of the molecule is CC[C@H](C)Oc1ccc(NC(=O)[C@]2(OC)CCC[C@H](C)C2)cc1C. The Morgan fingerprint density at radius 1 is 1.46 bits per heavy atom. The number of benzene rings is 1. The van der Waals surface area contributed by atoms with Gasteiger partial charge in [-0.25, -0.2) is 0 Å². The molecule has 0 bridgehead atoms. The van der Waals surface area contributed by atoms with E-state index in [9.17, 15) is 4.79 Å². The van der Waals surface area contributed by atoms with Crippen LogP contribution in [0.1, 0.15) is 58.4 Å². The predicted octanol–water partition coefficient (Wildman–Crippen LogP) is 4.71. The fourth-order valence-corrected chi connectivity index (χ4v) is 3.39. The van der Waals surface area contributed by atoms with Crippen LogP contribution in [0.25, 0.3) is 0 Å². The van der Waals surface area contributed by atoms with Gasteiger partial charge >= 0.3 is 0 Å². The van der Waals surface area contributed by atoms with Crippen molar-refractivity contribution in [1.82, 2.24) is 0 Å². The van der Waals surface area contributed by atoms with Crippen LogP contribution in [0.5, 0.6) is 5.75 Å². The normalized spacial score (nSPS) is 25.1. The second-order valence-corrected chi connectivity index (χ2v) is 7.17. The Morgan fingerprint density at radius 2 is 2.21 bits per heavy atom. The summed E-state index contributed by atoms with van der Waals surface area (Å²) in [5.74, 6) is 1.35. The smallest absolute Gasteiger partial charge is 0.256 e. The molecule has 0 spiro atoms. The molecule has 134 valence electrons. The maximum atomic E-state index is 12.8. The Labute approximate surface area is 145 Å². The van der Waals surface area contributed by atoms with Crippen molar-refractivity contribution in [3.63, 3.8) is 0 Å². The van der Waals surface area contributed by atoms with E-state index in [1.165, 1.54) is 6.42 Å². The molecule has 0 aromatic heterocycles. The van der Waals surface area contributed by atoms with Crippen molar-refractivity contribution in [1.29, 1.82) is 0 Å². The van der Waals surface area contributed by atoms with Gasteiger partial charge in [-0.3, -0.25) is 4.79 Å². The molecule has 4 heteroatoms. The number of aryl methyl sites for hydroxylation is 1. The first-order valence-corrected chi connectivity index (χ1v) is 9.04. The maximum absolute atomic E-state index is 12.8. The Hall–Kier alpha value is -1.55. The molecule has 1 aromatic carbocycles. The molecule has 1 aromatic rings. The van der Waals surface area contributed by atoms with Gasteiger partial charge in [-0.15, -0.1) is 0 Å². The van der Waals surface area contributed by atoms with E-state index < -0.39 is 5.60 Å². The van der Waals surface area contributed by atoms with Crippen molar-refractivity contribution in [2.45, 2.75) is 71.5 Å². The van der Waals surface area contributed by atoms with Gasteiger partial charge in [-0.1, -0.05) is 20.3 Å². The van der Waals surface area contributed by atoms with Crippen molar-refractivity contribution in [2.24, 2.45) is 5.92 Å². The van der Waals surface area contributed by atoms with E-state index in [4.69, 9.17) is 9.47 Å². The summed E-state index contributed by atoms with van der Waals surface area (Å²) in [6, 6.07) is 5.80. The first-order valence-electron chi connectivity index (χ1n) is 9.04. The van der Waals surface area contributed by atoms with Gasteiger partial charge < -0.3 is 14.8 Å². The van der Waals surface area contributed by atoms with E-state index in [0.29, 0.717) is 5.92 Å². The van der Waals surface area contributed by atoms with Crippen molar-refractivity contribution in [3.8, 4) is 5.75 Å². The molecule has 1 saturated carbocycles. The lowest BCUT2D eigenvalue weighted by Gasteiger charge is -2.37. The van der Waals surface area contributed by atoms with Crippen LogP contribution in [0, 0.1) is 12.8 Å². The number of methoxy groups -OCH3 is 1. The van der Waals surface area contributed by atoms with Crippen LogP contribution in [-0.4, -0.2) is 24.7 Å². The van der Waals surface area contributed by atoms with Crippen LogP contribution < -0.4 is 10.1 Å². The second kappa shape index (κ2) is 8.02. The van der Waals surface area contributed by atoms with Gasteiger partial charge in [0, 0.05) is 12.8 Å². The quantitative estimate of drug-likeness (QED) is 0.820. The standard InChI is InChI=1S/C20H31NO3/c1-6-16(4)24-18-10-9-17(12-15(18)3)21-19(22)20(23-5)11-7-8-14(2)13-20/h9-10,12,14,16H,6-8,11,13H2,1-5H3,(H,21,22)/t14-,16-,20-/m0/s1. The fourth-order valence-electron chi connectivity index (χ4n) is 3.39.